The Kier molecular flexibility index (Phi) is 3.82. The van der Waals surface area contributed by atoms with Crippen LogP contribution >= 0.6 is 0 Å². The summed E-state index contributed by atoms with van der Waals surface area (Å²) in [6, 6.07) is 5.05. The van der Waals surface area contributed by atoms with Gasteiger partial charge in [0.15, 0.2) is 0 Å². The highest BCUT2D eigenvalue weighted by molar-refractivity contribution is 5.92. The molecule has 0 unspecified atom stereocenters. The van der Waals surface area contributed by atoms with Crippen LogP contribution in [0.3, 0.4) is 0 Å². The molecular weight excluding hydrogens is 228 g/mol. The molecule has 3 heteroatoms. The molecule has 1 aromatic rings. The predicted molar refractivity (Wildman–Crippen MR) is 69.7 cm³/mol. The quantitative estimate of drug-likeness (QED) is 0.656. The Morgan fingerprint density at radius 2 is 2.11 bits per heavy atom. The summed E-state index contributed by atoms with van der Waals surface area (Å²) < 4.78 is 4.92. The molecule has 0 atom stereocenters. The summed E-state index contributed by atoms with van der Waals surface area (Å²) in [7, 11) is 0. The lowest BCUT2D eigenvalue weighted by atomic mass is 9.93. The topological polar surface area (TPSA) is 46.5 Å². The van der Waals surface area contributed by atoms with E-state index in [1.807, 2.05) is 6.07 Å². The van der Waals surface area contributed by atoms with Crippen molar-refractivity contribution in [2.75, 3.05) is 6.61 Å². The molecule has 0 saturated carbocycles. The first-order valence-electron chi connectivity index (χ1n) is 6.05. The van der Waals surface area contributed by atoms with E-state index < -0.39 is 5.97 Å². The zero-order valence-electron chi connectivity index (χ0n) is 10.3. The van der Waals surface area contributed by atoms with Gasteiger partial charge in [0.1, 0.15) is 11.3 Å². The highest BCUT2D eigenvalue weighted by atomic mass is 16.5. The standard InChI is InChI=1S/C15H16O3/c1-2-18-15(17)13-10-12(8-9-14(13)16)11-6-4-3-5-7-11/h4-11,16H,2-3H2,1H3. The minimum absolute atomic E-state index is 0.0408. The summed E-state index contributed by atoms with van der Waals surface area (Å²) in [5, 5.41) is 9.69. The van der Waals surface area contributed by atoms with E-state index in [4.69, 9.17) is 4.74 Å². The Hall–Kier alpha value is -2.03. The molecule has 18 heavy (non-hydrogen) atoms. The van der Waals surface area contributed by atoms with Crippen molar-refractivity contribution in [3.05, 3.63) is 53.6 Å². The van der Waals surface area contributed by atoms with E-state index in [1.54, 1.807) is 13.0 Å². The zero-order valence-corrected chi connectivity index (χ0v) is 10.3. The normalized spacial score (nSPS) is 14.7. The molecule has 0 amide bonds. The smallest absolute Gasteiger partial charge is 0.341 e. The Bertz CT molecular complexity index is 488. The number of benzene rings is 1. The highest BCUT2D eigenvalue weighted by Gasteiger charge is 2.15. The van der Waals surface area contributed by atoms with Crippen molar-refractivity contribution in [1.82, 2.24) is 0 Å². The molecule has 2 rings (SSSR count). The summed E-state index contributed by atoms with van der Waals surface area (Å²) in [4.78, 5) is 11.7. The summed E-state index contributed by atoms with van der Waals surface area (Å²) in [6.45, 7) is 2.04. The molecule has 0 spiro atoms. The van der Waals surface area contributed by atoms with Gasteiger partial charge in [0.25, 0.3) is 0 Å². The molecular formula is C15H16O3. The lowest BCUT2D eigenvalue weighted by Crippen LogP contribution is -2.06. The molecule has 1 aliphatic rings. The van der Waals surface area contributed by atoms with Crippen molar-refractivity contribution in [2.24, 2.45) is 0 Å². The third-order valence-corrected chi connectivity index (χ3v) is 2.86. The fourth-order valence-electron chi connectivity index (χ4n) is 1.95. The van der Waals surface area contributed by atoms with Gasteiger partial charge in [-0.05, 0) is 31.0 Å². The number of phenols is 1. The molecule has 1 N–H and O–H groups in total. The first-order chi connectivity index (χ1) is 8.72. The van der Waals surface area contributed by atoms with Crippen molar-refractivity contribution in [3.63, 3.8) is 0 Å². The second kappa shape index (κ2) is 5.54. The van der Waals surface area contributed by atoms with Crippen molar-refractivity contribution in [1.29, 1.82) is 0 Å². The van der Waals surface area contributed by atoms with Gasteiger partial charge in [-0.1, -0.05) is 30.4 Å². The molecule has 0 aliphatic heterocycles. The van der Waals surface area contributed by atoms with Crippen LogP contribution in [0.2, 0.25) is 0 Å². The fraction of sp³-hybridized carbons (Fsp3) is 0.267. The number of ether oxygens (including phenoxy) is 1. The fourth-order valence-corrected chi connectivity index (χ4v) is 1.95. The van der Waals surface area contributed by atoms with E-state index in [2.05, 4.69) is 24.3 Å². The van der Waals surface area contributed by atoms with Crippen molar-refractivity contribution in [3.8, 4) is 5.75 Å². The zero-order chi connectivity index (χ0) is 13.0. The lowest BCUT2D eigenvalue weighted by molar-refractivity contribution is 0.0523. The molecule has 1 aromatic carbocycles. The maximum atomic E-state index is 11.7. The summed E-state index contributed by atoms with van der Waals surface area (Å²) in [6.07, 6.45) is 9.28. The average Bonchev–Trinajstić information content (AvgIpc) is 2.40. The number of hydrogen-bond acceptors (Lipinski definition) is 3. The van der Waals surface area contributed by atoms with E-state index in [0.29, 0.717) is 6.61 Å². The molecule has 1 aliphatic carbocycles. The summed E-state index contributed by atoms with van der Waals surface area (Å²) in [5.74, 6) is -0.367. The van der Waals surface area contributed by atoms with Crippen LogP contribution < -0.4 is 0 Å². The SMILES string of the molecule is CCOC(=O)c1cc(C2C=CCC=C2)ccc1O. The van der Waals surface area contributed by atoms with Gasteiger partial charge in [-0.15, -0.1) is 0 Å². The van der Waals surface area contributed by atoms with Gasteiger partial charge in [-0.2, -0.15) is 0 Å². The minimum atomic E-state index is -0.486. The maximum absolute atomic E-state index is 11.7. The Morgan fingerprint density at radius 1 is 1.39 bits per heavy atom. The van der Waals surface area contributed by atoms with E-state index in [0.717, 1.165) is 12.0 Å². The first kappa shape index (κ1) is 12.4. The number of carbonyl (C=O) groups excluding carboxylic acids is 1. The molecule has 0 heterocycles. The number of allylic oxidation sites excluding steroid dienone is 4. The molecule has 94 valence electrons. The van der Waals surface area contributed by atoms with Crippen LogP contribution in [0.1, 0.15) is 35.2 Å². The molecule has 0 aromatic heterocycles. The number of hydrogen-bond donors (Lipinski definition) is 1. The van der Waals surface area contributed by atoms with Crippen LogP contribution in [0.4, 0.5) is 0 Å². The largest absolute Gasteiger partial charge is 0.507 e. The second-order valence-corrected chi connectivity index (χ2v) is 4.11. The van der Waals surface area contributed by atoms with Crippen LogP contribution in [-0.4, -0.2) is 17.7 Å². The molecule has 0 bridgehead atoms. The van der Waals surface area contributed by atoms with Gasteiger partial charge in [-0.3, -0.25) is 0 Å². The van der Waals surface area contributed by atoms with Crippen LogP contribution in [-0.2, 0) is 4.74 Å². The van der Waals surface area contributed by atoms with Crippen LogP contribution in [0.15, 0.2) is 42.5 Å². The number of aromatic hydroxyl groups is 1. The maximum Gasteiger partial charge on any atom is 0.341 e. The number of phenolic OH excluding ortho intramolecular Hbond substituents is 1. The third-order valence-electron chi connectivity index (χ3n) is 2.86. The second-order valence-electron chi connectivity index (χ2n) is 4.11. The highest BCUT2D eigenvalue weighted by Crippen LogP contribution is 2.27. The van der Waals surface area contributed by atoms with E-state index in [-0.39, 0.29) is 17.2 Å². The van der Waals surface area contributed by atoms with E-state index in [1.165, 1.54) is 6.07 Å². The monoisotopic (exact) mass is 244 g/mol. The predicted octanol–water partition coefficient (Wildman–Crippen LogP) is 3.17. The first-order valence-corrected chi connectivity index (χ1v) is 6.05. The number of carbonyl (C=O) groups is 1. The molecule has 0 saturated heterocycles. The third kappa shape index (κ3) is 2.62. The van der Waals surface area contributed by atoms with Crippen LogP contribution in [0.5, 0.6) is 5.75 Å². The minimum Gasteiger partial charge on any atom is -0.507 e. The van der Waals surface area contributed by atoms with E-state index in [9.17, 15) is 9.90 Å². The Labute approximate surface area is 106 Å². The average molecular weight is 244 g/mol. The lowest BCUT2D eigenvalue weighted by Gasteiger charge is -2.13. The van der Waals surface area contributed by atoms with Gasteiger partial charge >= 0.3 is 5.97 Å². The van der Waals surface area contributed by atoms with Crippen molar-refractivity contribution in [2.45, 2.75) is 19.3 Å². The van der Waals surface area contributed by atoms with Crippen molar-refractivity contribution < 1.29 is 14.6 Å². The van der Waals surface area contributed by atoms with Gasteiger partial charge in [0.05, 0.1) is 6.61 Å². The van der Waals surface area contributed by atoms with Crippen molar-refractivity contribution >= 4 is 5.97 Å². The summed E-state index contributed by atoms with van der Waals surface area (Å²) in [5.41, 5.74) is 1.20. The summed E-state index contributed by atoms with van der Waals surface area (Å²) >= 11 is 0. The Balaban J connectivity index is 2.31. The molecule has 3 nitrogen and oxygen atoms in total. The van der Waals surface area contributed by atoms with Gasteiger partial charge in [0.2, 0.25) is 0 Å². The van der Waals surface area contributed by atoms with Crippen LogP contribution in [0, 0.1) is 0 Å². The van der Waals surface area contributed by atoms with Crippen LogP contribution in [0.25, 0.3) is 0 Å². The molecule has 0 fully saturated rings. The Morgan fingerprint density at radius 3 is 2.78 bits per heavy atom. The van der Waals surface area contributed by atoms with Gasteiger partial charge in [-0.25, -0.2) is 4.79 Å². The van der Waals surface area contributed by atoms with Gasteiger partial charge < -0.3 is 9.84 Å². The number of esters is 1. The number of rotatable bonds is 3. The molecule has 0 radical (unpaired) electrons. The van der Waals surface area contributed by atoms with Gasteiger partial charge in [0, 0.05) is 5.92 Å². The van der Waals surface area contributed by atoms with E-state index >= 15 is 0 Å².